The van der Waals surface area contributed by atoms with Crippen LogP contribution in [0.5, 0.6) is 0 Å². The number of non-ortho nitro benzene ring substituents is 1. The molecule has 2 aromatic rings. The molecular weight excluding hydrogens is 365 g/mol. The normalized spacial score (nSPS) is 12.6. The van der Waals surface area contributed by atoms with E-state index in [1.54, 1.807) is 0 Å². The first-order valence-corrected chi connectivity index (χ1v) is 6.35. The van der Waals surface area contributed by atoms with E-state index in [0.29, 0.717) is 0 Å². The molecule has 1 aromatic heterocycles. The second-order valence-corrected chi connectivity index (χ2v) is 4.75. The van der Waals surface area contributed by atoms with E-state index in [9.17, 15) is 40.8 Å². The molecule has 1 heterocycles. The molecule has 0 N–H and O–H groups in total. The van der Waals surface area contributed by atoms with Gasteiger partial charge in [0.25, 0.3) is 5.69 Å². The maximum absolute atomic E-state index is 13.3. The predicted octanol–water partition coefficient (Wildman–Crippen LogP) is 3.83. The van der Waals surface area contributed by atoms with Gasteiger partial charge in [-0.3, -0.25) is 10.1 Å². The molecule has 0 aliphatic heterocycles. The van der Waals surface area contributed by atoms with Crippen LogP contribution in [0, 0.1) is 10.1 Å². The quantitative estimate of drug-likeness (QED) is 0.454. The monoisotopic (exact) mass is 372 g/mol. The number of alkyl halides is 7. The Labute approximate surface area is 134 Å². The van der Waals surface area contributed by atoms with E-state index < -0.39 is 46.3 Å². The zero-order valence-electron chi connectivity index (χ0n) is 11.8. The van der Waals surface area contributed by atoms with Crippen LogP contribution in [0.4, 0.5) is 36.4 Å². The molecule has 0 saturated carbocycles. The number of aromatic nitrogens is 3. The first-order valence-electron chi connectivity index (χ1n) is 6.35. The molecule has 0 atom stereocenters. The van der Waals surface area contributed by atoms with E-state index >= 15 is 0 Å². The largest absolute Gasteiger partial charge is 0.461 e. The lowest BCUT2D eigenvalue weighted by Crippen LogP contribution is -2.36. The summed E-state index contributed by atoms with van der Waals surface area (Å²) in [7, 11) is 0. The molecule has 0 bridgehead atoms. The fraction of sp³-hybridized carbons (Fsp3) is 0.333. The molecule has 1 aromatic carbocycles. The van der Waals surface area contributed by atoms with Gasteiger partial charge >= 0.3 is 18.6 Å². The molecule has 0 radical (unpaired) electrons. The number of hydrogen-bond donors (Lipinski definition) is 0. The van der Waals surface area contributed by atoms with Crippen molar-refractivity contribution in [3.63, 3.8) is 0 Å². The van der Waals surface area contributed by atoms with Crippen LogP contribution < -0.4 is 0 Å². The Balaban J connectivity index is 2.37. The van der Waals surface area contributed by atoms with Crippen LogP contribution in [0.1, 0.15) is 23.8 Å². The highest BCUT2D eigenvalue weighted by atomic mass is 19.4. The lowest BCUT2D eigenvalue weighted by molar-refractivity contribution is -0.384. The topological polar surface area (TPSA) is 73.8 Å². The van der Waals surface area contributed by atoms with Gasteiger partial charge in [-0.15, -0.1) is 0 Å². The van der Waals surface area contributed by atoms with Crippen LogP contribution >= 0.6 is 0 Å². The fourth-order valence-electron chi connectivity index (χ4n) is 1.84. The summed E-state index contributed by atoms with van der Waals surface area (Å²) in [5, 5.41) is 13.5. The third-order valence-electron chi connectivity index (χ3n) is 3.01. The first-order chi connectivity index (χ1) is 11.4. The number of rotatable bonds is 5. The number of nitro benzene ring substituents is 1. The van der Waals surface area contributed by atoms with Crippen molar-refractivity contribution in [2.45, 2.75) is 25.1 Å². The van der Waals surface area contributed by atoms with Gasteiger partial charge in [0.05, 0.1) is 4.92 Å². The van der Waals surface area contributed by atoms with Gasteiger partial charge in [0.2, 0.25) is 5.82 Å². The van der Waals surface area contributed by atoms with Crippen molar-refractivity contribution in [3.8, 4) is 0 Å². The molecule has 0 aliphatic carbocycles. The Morgan fingerprint density at radius 3 is 2.12 bits per heavy atom. The predicted molar refractivity (Wildman–Crippen MR) is 67.1 cm³/mol. The molecule has 0 unspecified atom stereocenters. The Kier molecular flexibility index (Phi) is 4.68. The van der Waals surface area contributed by atoms with Gasteiger partial charge in [0, 0.05) is 18.6 Å². The summed E-state index contributed by atoms with van der Waals surface area (Å²) in [6.07, 6.45) is -6.60. The number of benzene rings is 1. The molecular formula is C12H7F7N4O2. The van der Waals surface area contributed by atoms with Crippen molar-refractivity contribution in [2.75, 3.05) is 0 Å². The van der Waals surface area contributed by atoms with E-state index in [4.69, 9.17) is 0 Å². The minimum atomic E-state index is -6.13. The van der Waals surface area contributed by atoms with E-state index in [2.05, 4.69) is 10.1 Å². The third kappa shape index (κ3) is 3.69. The molecule has 2 rings (SSSR count). The highest BCUT2D eigenvalue weighted by Crippen LogP contribution is 2.43. The fourth-order valence-corrected chi connectivity index (χ4v) is 1.84. The van der Waals surface area contributed by atoms with Gasteiger partial charge in [-0.05, 0) is 5.56 Å². The Morgan fingerprint density at radius 1 is 1.12 bits per heavy atom. The summed E-state index contributed by atoms with van der Waals surface area (Å²) in [6.45, 7) is -3.76. The number of halogens is 7. The highest BCUT2D eigenvalue weighted by Gasteiger charge is 2.62. The van der Waals surface area contributed by atoms with Crippen molar-refractivity contribution in [2.24, 2.45) is 0 Å². The van der Waals surface area contributed by atoms with Gasteiger partial charge in [0.1, 0.15) is 0 Å². The summed E-state index contributed by atoms with van der Waals surface area (Å²) < 4.78 is 88.4. The summed E-state index contributed by atoms with van der Waals surface area (Å²) >= 11 is 0. The maximum atomic E-state index is 13.3. The number of nitrogens with zero attached hydrogens (tertiary/aromatic N) is 4. The molecule has 0 amide bonds. The van der Waals surface area contributed by atoms with Crippen molar-refractivity contribution in [3.05, 3.63) is 51.6 Å². The van der Waals surface area contributed by atoms with Crippen LogP contribution in [0.15, 0.2) is 24.3 Å². The first kappa shape index (κ1) is 18.6. The molecule has 0 saturated heterocycles. The lowest BCUT2D eigenvalue weighted by atomic mass is 10.1. The Bertz CT molecular complexity index is 771. The van der Waals surface area contributed by atoms with E-state index in [-0.39, 0.29) is 11.3 Å². The highest BCUT2D eigenvalue weighted by molar-refractivity contribution is 5.34. The summed E-state index contributed by atoms with van der Waals surface area (Å²) in [6, 6.07) is 4.43. The second-order valence-electron chi connectivity index (χ2n) is 4.75. The van der Waals surface area contributed by atoms with Crippen LogP contribution in [0.2, 0.25) is 0 Å². The molecule has 0 aliphatic rings. The minimum absolute atomic E-state index is 0.193. The molecule has 6 nitrogen and oxygen atoms in total. The molecule has 25 heavy (non-hydrogen) atoms. The third-order valence-corrected chi connectivity index (χ3v) is 3.01. The maximum Gasteiger partial charge on any atom is 0.461 e. The van der Waals surface area contributed by atoms with E-state index in [1.807, 2.05) is 0 Å². The second kappa shape index (κ2) is 6.29. The van der Waals surface area contributed by atoms with Crippen molar-refractivity contribution in [1.29, 1.82) is 0 Å². The zero-order chi connectivity index (χ0) is 19.0. The average molecular weight is 372 g/mol. The van der Waals surface area contributed by atoms with Gasteiger partial charge in [-0.1, -0.05) is 12.1 Å². The smallest absolute Gasteiger partial charge is 0.258 e. The van der Waals surface area contributed by atoms with Crippen molar-refractivity contribution >= 4 is 5.69 Å². The van der Waals surface area contributed by atoms with Gasteiger partial charge < -0.3 is 0 Å². The zero-order valence-corrected chi connectivity index (χ0v) is 11.8. The number of nitro groups is 1. The van der Waals surface area contributed by atoms with Crippen LogP contribution in [-0.2, 0) is 12.3 Å². The van der Waals surface area contributed by atoms with Gasteiger partial charge in [0.15, 0.2) is 5.82 Å². The van der Waals surface area contributed by atoms with Crippen molar-refractivity contribution < 1.29 is 35.7 Å². The molecule has 0 fully saturated rings. The summed E-state index contributed by atoms with van der Waals surface area (Å²) in [5.74, 6) is -8.57. The van der Waals surface area contributed by atoms with Crippen molar-refractivity contribution in [1.82, 2.24) is 14.8 Å². The lowest BCUT2D eigenvalue weighted by Gasteiger charge is -2.18. The summed E-state index contributed by atoms with van der Waals surface area (Å²) in [4.78, 5) is 12.7. The molecule has 0 spiro atoms. The van der Waals surface area contributed by atoms with Crippen LogP contribution in [0.3, 0.4) is 0 Å². The minimum Gasteiger partial charge on any atom is -0.258 e. The van der Waals surface area contributed by atoms with E-state index in [1.165, 1.54) is 12.1 Å². The summed E-state index contributed by atoms with van der Waals surface area (Å²) in [5.41, 5.74) is -0.0991. The number of hydrogen-bond acceptors (Lipinski definition) is 4. The molecule has 13 heteroatoms. The Hall–Kier alpha value is -2.73. The Morgan fingerprint density at radius 2 is 1.68 bits per heavy atom. The van der Waals surface area contributed by atoms with Crippen LogP contribution in [-0.4, -0.2) is 25.9 Å². The SMILES string of the molecule is O=[N+]([O-])c1ccc(Cc2nc(C(F)(F)C(F)(F)F)n(C(F)F)n2)cc1. The average Bonchev–Trinajstić information content (AvgIpc) is 2.91. The van der Waals surface area contributed by atoms with Gasteiger partial charge in [-0.25, -0.2) is 4.98 Å². The standard InChI is InChI=1S/C12H7F7N4O2/c13-10(14)22-9(11(15,16)12(17,18)19)20-8(21-22)5-6-1-3-7(4-2-6)23(24)25/h1-4,10H,5H2. The van der Waals surface area contributed by atoms with E-state index in [0.717, 1.165) is 12.1 Å². The van der Waals surface area contributed by atoms with Crippen LogP contribution in [0.25, 0.3) is 0 Å². The molecule has 136 valence electrons. The van der Waals surface area contributed by atoms with Gasteiger partial charge in [-0.2, -0.15) is 40.5 Å².